The van der Waals surface area contributed by atoms with Crippen molar-refractivity contribution in [1.29, 1.82) is 0 Å². The molecule has 2 aliphatic rings. The first kappa shape index (κ1) is 29.7. The molecule has 1 aromatic heterocycles. The highest BCUT2D eigenvalue weighted by atomic mass is 19.4. The van der Waals surface area contributed by atoms with Crippen LogP contribution >= 0.6 is 0 Å². The maximum Gasteiger partial charge on any atom is 0.452 e. The lowest BCUT2D eigenvalue weighted by atomic mass is 9.87. The molecular weight excluding hydrogens is 595 g/mol. The highest BCUT2D eigenvalue weighted by Gasteiger charge is 2.40. The second kappa shape index (κ2) is 11.0. The van der Waals surface area contributed by atoms with Gasteiger partial charge in [0.2, 0.25) is 5.76 Å². The van der Waals surface area contributed by atoms with Crippen LogP contribution in [0.15, 0.2) is 59.1 Å². The SMILES string of the molecule is O=C(O)C[C@@H]1COc2cc(CC[C@@H]3CCc4c(-c5ccc(-c6cc(C(F)(F)F)on6)cc5)c(C(F)(F)F)cc(F)c43)ccc21. The van der Waals surface area contributed by atoms with Gasteiger partial charge in [0.15, 0.2) is 0 Å². The number of carbonyl (C=O) groups is 1. The quantitative estimate of drug-likeness (QED) is 0.209. The molecule has 2 heterocycles. The fourth-order valence-corrected chi connectivity index (χ4v) is 6.27. The predicted molar refractivity (Wildman–Crippen MR) is 144 cm³/mol. The number of fused-ring (bicyclic) bond motifs is 2. The third-order valence-electron chi connectivity index (χ3n) is 8.30. The Bertz CT molecular complexity index is 1720. The third-order valence-corrected chi connectivity index (χ3v) is 8.30. The van der Waals surface area contributed by atoms with Crippen molar-refractivity contribution in [2.75, 3.05) is 6.61 Å². The summed E-state index contributed by atoms with van der Waals surface area (Å²) in [5.41, 5.74) is 1.19. The Morgan fingerprint density at radius 2 is 1.66 bits per heavy atom. The number of halogens is 7. The van der Waals surface area contributed by atoms with Gasteiger partial charge in [0.25, 0.3) is 0 Å². The lowest BCUT2D eigenvalue weighted by Gasteiger charge is -2.20. The highest BCUT2D eigenvalue weighted by molar-refractivity contribution is 5.76. The smallest absolute Gasteiger partial charge is 0.452 e. The van der Waals surface area contributed by atoms with Crippen molar-refractivity contribution in [2.45, 2.75) is 56.3 Å². The summed E-state index contributed by atoms with van der Waals surface area (Å²) in [5.74, 6) is -3.12. The number of rotatable bonds is 7. The summed E-state index contributed by atoms with van der Waals surface area (Å²) < 4.78 is 107. The van der Waals surface area contributed by atoms with Crippen LogP contribution in [-0.2, 0) is 30.0 Å². The molecule has 1 aliphatic carbocycles. The summed E-state index contributed by atoms with van der Waals surface area (Å²) in [7, 11) is 0. The van der Waals surface area contributed by atoms with Gasteiger partial charge in [-0.1, -0.05) is 41.6 Å². The van der Waals surface area contributed by atoms with Gasteiger partial charge in [-0.05, 0) is 71.6 Å². The molecule has 0 fully saturated rings. The summed E-state index contributed by atoms with van der Waals surface area (Å²) in [4.78, 5) is 11.1. The zero-order valence-corrected chi connectivity index (χ0v) is 22.9. The third kappa shape index (κ3) is 5.65. The van der Waals surface area contributed by atoms with Crippen LogP contribution < -0.4 is 4.74 Å². The Balaban J connectivity index is 1.28. The summed E-state index contributed by atoms with van der Waals surface area (Å²) in [5, 5.41) is 12.5. The fourth-order valence-electron chi connectivity index (χ4n) is 6.27. The Labute approximate surface area is 246 Å². The molecular formula is C32H24F7NO4. The standard InChI is InChI=1S/C32H24F7NO4/c33-24-13-23(31(34,35)36)29(18-6-4-17(5-7-18)25-14-27(44-40-25)32(37,38)39)22-10-8-19(30(22)24)3-1-16-2-9-21-20(12-28(41)42)15-43-26(21)11-16/h2,4-7,9,11,13-14,19-20H,1,3,8,10,12,15H2,(H,41,42)/t19-,20-/m1/s1. The molecule has 4 aromatic rings. The van der Waals surface area contributed by atoms with E-state index in [0.717, 1.165) is 11.1 Å². The van der Waals surface area contributed by atoms with Crippen LogP contribution in [0, 0.1) is 5.82 Å². The minimum Gasteiger partial charge on any atom is -0.493 e. The van der Waals surface area contributed by atoms with Crippen LogP contribution in [0.25, 0.3) is 22.4 Å². The molecule has 12 heteroatoms. The first-order chi connectivity index (χ1) is 20.8. The number of ether oxygens (including phenoxy) is 1. The number of hydrogen-bond acceptors (Lipinski definition) is 4. The van der Waals surface area contributed by atoms with Crippen LogP contribution in [0.4, 0.5) is 30.7 Å². The van der Waals surface area contributed by atoms with E-state index in [4.69, 9.17) is 9.84 Å². The van der Waals surface area contributed by atoms with Gasteiger partial charge in [0.1, 0.15) is 17.3 Å². The second-order valence-corrected chi connectivity index (χ2v) is 11.1. The molecule has 230 valence electrons. The van der Waals surface area contributed by atoms with Crippen molar-refractivity contribution in [2.24, 2.45) is 0 Å². The highest BCUT2D eigenvalue weighted by Crippen LogP contribution is 2.48. The van der Waals surface area contributed by atoms with Crippen molar-refractivity contribution < 1.29 is 49.9 Å². The first-order valence-electron chi connectivity index (χ1n) is 13.8. The van der Waals surface area contributed by atoms with E-state index in [1.807, 2.05) is 18.2 Å². The Hall–Kier alpha value is -4.35. The van der Waals surface area contributed by atoms with Crippen molar-refractivity contribution in [1.82, 2.24) is 5.16 Å². The minimum absolute atomic E-state index is 0.0470. The van der Waals surface area contributed by atoms with Gasteiger partial charge in [-0.15, -0.1) is 0 Å². The molecule has 0 radical (unpaired) electrons. The molecule has 5 nitrogen and oxygen atoms in total. The van der Waals surface area contributed by atoms with E-state index in [1.54, 1.807) is 0 Å². The molecule has 0 bridgehead atoms. The number of nitrogens with zero attached hydrogens (tertiary/aromatic N) is 1. The van der Waals surface area contributed by atoms with Crippen LogP contribution in [-0.4, -0.2) is 22.8 Å². The molecule has 2 atom stereocenters. The van der Waals surface area contributed by atoms with Gasteiger partial charge >= 0.3 is 18.3 Å². The summed E-state index contributed by atoms with van der Waals surface area (Å²) in [6.07, 6.45) is -7.99. The molecule has 0 saturated heterocycles. The summed E-state index contributed by atoms with van der Waals surface area (Å²) in [6, 6.07) is 12.2. The topological polar surface area (TPSA) is 72.6 Å². The van der Waals surface area contributed by atoms with E-state index in [1.165, 1.54) is 24.3 Å². The van der Waals surface area contributed by atoms with Gasteiger partial charge in [-0.25, -0.2) is 4.39 Å². The van der Waals surface area contributed by atoms with Crippen molar-refractivity contribution in [3.05, 3.63) is 94.0 Å². The van der Waals surface area contributed by atoms with Crippen molar-refractivity contribution in [3.8, 4) is 28.1 Å². The zero-order valence-electron chi connectivity index (χ0n) is 22.9. The molecule has 1 N–H and O–H groups in total. The molecule has 0 unspecified atom stereocenters. The van der Waals surface area contributed by atoms with Crippen LogP contribution in [0.5, 0.6) is 5.75 Å². The Morgan fingerprint density at radius 3 is 2.32 bits per heavy atom. The maximum absolute atomic E-state index is 15.4. The largest absolute Gasteiger partial charge is 0.493 e. The minimum atomic E-state index is -4.85. The Kier molecular flexibility index (Phi) is 7.41. The van der Waals surface area contributed by atoms with Gasteiger partial charge < -0.3 is 14.4 Å². The average Bonchev–Trinajstić information content (AvgIpc) is 3.70. The predicted octanol–water partition coefficient (Wildman–Crippen LogP) is 8.80. The summed E-state index contributed by atoms with van der Waals surface area (Å²) in [6.45, 7) is 0.269. The number of carboxylic acid groups (broad SMARTS) is 1. The van der Waals surface area contributed by atoms with E-state index in [2.05, 4.69) is 9.68 Å². The number of aliphatic carboxylic acids is 1. The average molecular weight is 620 g/mol. The van der Waals surface area contributed by atoms with E-state index in [0.29, 0.717) is 37.1 Å². The number of aromatic nitrogens is 1. The normalized spacial score (nSPS) is 17.8. The molecule has 0 saturated carbocycles. The first-order valence-corrected chi connectivity index (χ1v) is 13.8. The number of aryl methyl sites for hydroxylation is 1. The second-order valence-electron chi connectivity index (χ2n) is 11.1. The van der Waals surface area contributed by atoms with E-state index in [9.17, 15) is 31.1 Å². The van der Waals surface area contributed by atoms with Crippen LogP contribution in [0.1, 0.15) is 64.7 Å². The monoisotopic (exact) mass is 619 g/mol. The molecule has 44 heavy (non-hydrogen) atoms. The van der Waals surface area contributed by atoms with Crippen LogP contribution in [0.2, 0.25) is 0 Å². The number of hydrogen-bond donors (Lipinski definition) is 1. The maximum atomic E-state index is 15.4. The Morgan fingerprint density at radius 1 is 0.932 bits per heavy atom. The molecule has 0 amide bonds. The molecule has 1 aliphatic heterocycles. The van der Waals surface area contributed by atoms with Gasteiger partial charge in [-0.3, -0.25) is 4.79 Å². The number of benzene rings is 3. The van der Waals surface area contributed by atoms with Crippen molar-refractivity contribution >= 4 is 5.97 Å². The number of alkyl halides is 6. The van der Waals surface area contributed by atoms with Gasteiger partial charge in [0.05, 0.1) is 18.6 Å². The van der Waals surface area contributed by atoms with E-state index >= 15 is 4.39 Å². The molecule has 0 spiro atoms. The number of carboxylic acids is 1. The fraction of sp³-hybridized carbons (Fsp3) is 0.312. The van der Waals surface area contributed by atoms with Crippen molar-refractivity contribution in [3.63, 3.8) is 0 Å². The van der Waals surface area contributed by atoms with E-state index < -0.39 is 35.5 Å². The van der Waals surface area contributed by atoms with E-state index in [-0.39, 0.29) is 64.8 Å². The van der Waals surface area contributed by atoms with Gasteiger partial charge in [-0.2, -0.15) is 26.3 Å². The molecule has 6 rings (SSSR count). The van der Waals surface area contributed by atoms with Gasteiger partial charge in [0, 0.05) is 23.1 Å². The lowest BCUT2D eigenvalue weighted by molar-refractivity contribution is -0.155. The summed E-state index contributed by atoms with van der Waals surface area (Å²) >= 11 is 0. The van der Waals surface area contributed by atoms with Crippen LogP contribution in [0.3, 0.4) is 0 Å². The molecule has 3 aromatic carbocycles. The zero-order chi connectivity index (χ0) is 31.4. The lowest BCUT2D eigenvalue weighted by Crippen LogP contribution is -2.11.